The maximum absolute atomic E-state index is 10.0. The summed E-state index contributed by atoms with van der Waals surface area (Å²) >= 11 is 0. The molecule has 0 saturated heterocycles. The predicted octanol–water partition coefficient (Wildman–Crippen LogP) is 4.87. The number of hydrogen-bond acceptors (Lipinski definition) is 1. The second-order valence-corrected chi connectivity index (χ2v) is 4.62. The van der Waals surface area contributed by atoms with Crippen molar-refractivity contribution in [3.05, 3.63) is 59.2 Å². The lowest BCUT2D eigenvalue weighted by molar-refractivity contribution is -0.104. The Kier molecular flexibility index (Phi) is 9.57. The monoisotopic (exact) mass is 244 g/mol. The third-order valence-electron chi connectivity index (χ3n) is 2.38. The molecule has 0 bridgehead atoms. The molecular formula is C17H24O. The second kappa shape index (κ2) is 10.5. The molecule has 0 amide bonds. The van der Waals surface area contributed by atoms with E-state index in [1.54, 1.807) is 6.08 Å². The first-order valence-electron chi connectivity index (χ1n) is 6.32. The minimum atomic E-state index is 0.845. The van der Waals surface area contributed by atoms with E-state index in [1.165, 1.54) is 11.1 Å². The fourth-order valence-electron chi connectivity index (χ4n) is 1.32. The molecule has 0 unspecified atom stereocenters. The molecule has 0 atom stereocenters. The van der Waals surface area contributed by atoms with Crippen LogP contribution in [0.4, 0.5) is 0 Å². The van der Waals surface area contributed by atoms with Crippen molar-refractivity contribution in [1.82, 2.24) is 0 Å². The zero-order valence-electron chi connectivity index (χ0n) is 11.9. The van der Waals surface area contributed by atoms with Gasteiger partial charge in [-0.3, -0.25) is 4.79 Å². The molecular weight excluding hydrogens is 220 g/mol. The summed E-state index contributed by atoms with van der Waals surface area (Å²) in [6, 6.07) is 10.3. The van der Waals surface area contributed by atoms with Crippen LogP contribution >= 0.6 is 0 Å². The average Bonchev–Trinajstić information content (AvgIpc) is 2.30. The van der Waals surface area contributed by atoms with Gasteiger partial charge >= 0.3 is 0 Å². The lowest BCUT2D eigenvalue weighted by atomic mass is 10.1. The number of carbonyl (C=O) groups is 1. The van der Waals surface area contributed by atoms with Crippen molar-refractivity contribution in [2.75, 3.05) is 0 Å². The van der Waals surface area contributed by atoms with Crippen LogP contribution in [-0.2, 0) is 4.79 Å². The molecule has 0 spiro atoms. The lowest BCUT2D eigenvalue weighted by Crippen LogP contribution is -1.77. The zero-order valence-corrected chi connectivity index (χ0v) is 11.9. The van der Waals surface area contributed by atoms with Crippen LogP contribution in [-0.4, -0.2) is 6.29 Å². The summed E-state index contributed by atoms with van der Waals surface area (Å²) in [4.78, 5) is 10.0. The molecule has 1 heteroatoms. The van der Waals surface area contributed by atoms with Gasteiger partial charge in [0, 0.05) is 0 Å². The first kappa shape index (κ1) is 16.4. The van der Waals surface area contributed by atoms with Crippen molar-refractivity contribution < 1.29 is 4.79 Å². The third kappa shape index (κ3) is 10.9. The number of rotatable bonds is 4. The number of carbonyl (C=O) groups excluding carboxylic acids is 1. The Morgan fingerprint density at radius 1 is 1.11 bits per heavy atom. The van der Waals surface area contributed by atoms with Gasteiger partial charge in [-0.1, -0.05) is 53.1 Å². The van der Waals surface area contributed by atoms with E-state index in [0.717, 1.165) is 24.7 Å². The smallest absolute Gasteiger partial charge is 0.142 e. The van der Waals surface area contributed by atoms with Crippen LogP contribution in [0, 0.1) is 6.92 Å². The van der Waals surface area contributed by atoms with E-state index in [4.69, 9.17) is 0 Å². The molecule has 0 N–H and O–H groups in total. The molecule has 0 saturated carbocycles. The first-order valence-corrected chi connectivity index (χ1v) is 6.32. The summed E-state index contributed by atoms with van der Waals surface area (Å²) < 4.78 is 0. The van der Waals surface area contributed by atoms with E-state index < -0.39 is 0 Å². The Bertz CT molecular complexity index is 381. The SMILES string of the molecule is CC(C)=CCCC(C)=CC=O.Cc1ccccc1. The quantitative estimate of drug-likeness (QED) is 0.419. The Labute approximate surface area is 111 Å². The van der Waals surface area contributed by atoms with Crippen LogP contribution in [0.15, 0.2) is 53.6 Å². The molecule has 1 nitrogen and oxygen atoms in total. The zero-order chi connectivity index (χ0) is 13.8. The molecule has 0 radical (unpaired) electrons. The molecule has 1 rings (SSSR count). The number of aryl methyl sites for hydroxylation is 1. The largest absolute Gasteiger partial charge is 0.299 e. The van der Waals surface area contributed by atoms with Crippen molar-refractivity contribution in [2.45, 2.75) is 40.5 Å². The third-order valence-corrected chi connectivity index (χ3v) is 2.38. The Hall–Kier alpha value is -1.63. The van der Waals surface area contributed by atoms with E-state index in [1.807, 2.05) is 25.1 Å². The van der Waals surface area contributed by atoms with Crippen molar-refractivity contribution in [2.24, 2.45) is 0 Å². The van der Waals surface area contributed by atoms with Gasteiger partial charge in [0.05, 0.1) is 0 Å². The van der Waals surface area contributed by atoms with Crippen LogP contribution in [0.5, 0.6) is 0 Å². The highest BCUT2D eigenvalue weighted by molar-refractivity contribution is 5.65. The number of hydrogen-bond donors (Lipinski definition) is 0. The summed E-state index contributed by atoms with van der Waals surface area (Å²) in [7, 11) is 0. The fourth-order valence-corrected chi connectivity index (χ4v) is 1.32. The van der Waals surface area contributed by atoms with Gasteiger partial charge < -0.3 is 0 Å². The van der Waals surface area contributed by atoms with Crippen LogP contribution in [0.3, 0.4) is 0 Å². The maximum atomic E-state index is 10.0. The normalized spacial score (nSPS) is 10.1. The second-order valence-electron chi connectivity index (χ2n) is 4.62. The summed E-state index contributed by atoms with van der Waals surface area (Å²) in [6.45, 7) is 8.23. The highest BCUT2D eigenvalue weighted by Gasteiger charge is 1.86. The summed E-state index contributed by atoms with van der Waals surface area (Å²) in [5.41, 5.74) is 3.81. The van der Waals surface area contributed by atoms with Gasteiger partial charge in [0.1, 0.15) is 6.29 Å². The molecule has 98 valence electrons. The molecule has 0 aliphatic heterocycles. The van der Waals surface area contributed by atoms with Gasteiger partial charge in [-0.15, -0.1) is 0 Å². The Morgan fingerprint density at radius 2 is 1.72 bits per heavy atom. The van der Waals surface area contributed by atoms with E-state index >= 15 is 0 Å². The molecule has 1 aromatic carbocycles. The van der Waals surface area contributed by atoms with Gasteiger partial charge in [0.25, 0.3) is 0 Å². The standard InChI is InChI=1S/C10H16O.C7H8/c1-9(2)5-4-6-10(3)7-8-11;1-7-5-3-2-4-6-7/h5,7-8H,4,6H2,1-3H3;2-6H,1H3. The maximum Gasteiger partial charge on any atom is 0.142 e. The minimum absolute atomic E-state index is 0.845. The average molecular weight is 244 g/mol. The van der Waals surface area contributed by atoms with Crippen LogP contribution < -0.4 is 0 Å². The van der Waals surface area contributed by atoms with Crippen molar-refractivity contribution in [1.29, 1.82) is 0 Å². The van der Waals surface area contributed by atoms with Crippen molar-refractivity contribution in [3.8, 4) is 0 Å². The molecule has 18 heavy (non-hydrogen) atoms. The first-order chi connectivity index (χ1) is 8.56. The van der Waals surface area contributed by atoms with Gasteiger partial charge in [-0.2, -0.15) is 0 Å². The molecule has 0 aliphatic carbocycles. The minimum Gasteiger partial charge on any atom is -0.299 e. The number of aldehydes is 1. The predicted molar refractivity (Wildman–Crippen MR) is 79.7 cm³/mol. The van der Waals surface area contributed by atoms with Crippen LogP contribution in [0.2, 0.25) is 0 Å². The highest BCUT2D eigenvalue weighted by Crippen LogP contribution is 2.05. The van der Waals surface area contributed by atoms with Gasteiger partial charge in [-0.05, 0) is 46.6 Å². The fraction of sp³-hybridized carbons (Fsp3) is 0.353. The van der Waals surface area contributed by atoms with Crippen molar-refractivity contribution in [3.63, 3.8) is 0 Å². The Morgan fingerprint density at radius 3 is 2.11 bits per heavy atom. The molecule has 0 heterocycles. The summed E-state index contributed by atoms with van der Waals surface area (Å²) in [5, 5.41) is 0. The van der Waals surface area contributed by atoms with Gasteiger partial charge in [0.2, 0.25) is 0 Å². The number of benzene rings is 1. The Balaban J connectivity index is 0.000000351. The molecule has 1 aromatic rings. The van der Waals surface area contributed by atoms with E-state index in [-0.39, 0.29) is 0 Å². The number of allylic oxidation sites excluding steroid dienone is 4. The molecule has 0 aliphatic rings. The van der Waals surface area contributed by atoms with Gasteiger partial charge in [-0.25, -0.2) is 0 Å². The molecule has 0 fully saturated rings. The summed E-state index contributed by atoms with van der Waals surface area (Å²) in [6.07, 6.45) is 6.68. The summed E-state index contributed by atoms with van der Waals surface area (Å²) in [5.74, 6) is 0. The van der Waals surface area contributed by atoms with Crippen molar-refractivity contribution >= 4 is 6.29 Å². The lowest BCUT2D eigenvalue weighted by Gasteiger charge is -1.94. The van der Waals surface area contributed by atoms with Crippen LogP contribution in [0.1, 0.15) is 39.2 Å². The highest BCUT2D eigenvalue weighted by atomic mass is 16.1. The van der Waals surface area contributed by atoms with Crippen LogP contribution in [0.25, 0.3) is 0 Å². The van der Waals surface area contributed by atoms with E-state index in [0.29, 0.717) is 0 Å². The van der Waals surface area contributed by atoms with E-state index in [9.17, 15) is 4.79 Å². The topological polar surface area (TPSA) is 17.1 Å². The van der Waals surface area contributed by atoms with Gasteiger partial charge in [0.15, 0.2) is 0 Å². The van der Waals surface area contributed by atoms with E-state index in [2.05, 4.69) is 39.0 Å². The molecule has 0 aromatic heterocycles.